The van der Waals surface area contributed by atoms with Crippen molar-refractivity contribution < 1.29 is 0 Å². The zero-order valence-electron chi connectivity index (χ0n) is 11.9. The van der Waals surface area contributed by atoms with Crippen molar-refractivity contribution >= 4 is 22.4 Å². The summed E-state index contributed by atoms with van der Waals surface area (Å²) < 4.78 is 4.26. The SMILES string of the molecule is Cc1c(N)nsc1N1CCC(Cc2ccccc2)CC1. The Morgan fingerprint density at radius 2 is 1.95 bits per heavy atom. The largest absolute Gasteiger partial charge is 0.383 e. The fourth-order valence-corrected chi connectivity index (χ4v) is 3.78. The van der Waals surface area contributed by atoms with E-state index in [1.54, 1.807) is 0 Å². The van der Waals surface area contributed by atoms with E-state index in [-0.39, 0.29) is 0 Å². The second-order valence-corrected chi connectivity index (χ2v) is 6.37. The zero-order chi connectivity index (χ0) is 13.9. The first-order valence-corrected chi connectivity index (χ1v) is 8.02. The molecule has 3 rings (SSSR count). The Morgan fingerprint density at radius 1 is 1.25 bits per heavy atom. The van der Waals surface area contributed by atoms with Crippen LogP contribution in [0, 0.1) is 12.8 Å². The lowest BCUT2D eigenvalue weighted by molar-refractivity contribution is 0.404. The summed E-state index contributed by atoms with van der Waals surface area (Å²) in [4.78, 5) is 2.45. The van der Waals surface area contributed by atoms with Crippen LogP contribution in [0.3, 0.4) is 0 Å². The van der Waals surface area contributed by atoms with E-state index in [1.165, 1.54) is 41.4 Å². The van der Waals surface area contributed by atoms with Crippen molar-refractivity contribution in [2.75, 3.05) is 23.7 Å². The molecular formula is C16H21N3S. The summed E-state index contributed by atoms with van der Waals surface area (Å²) >= 11 is 1.54. The molecule has 2 heterocycles. The molecule has 1 saturated heterocycles. The van der Waals surface area contributed by atoms with E-state index >= 15 is 0 Å². The minimum absolute atomic E-state index is 0.691. The Labute approximate surface area is 124 Å². The average molecular weight is 287 g/mol. The fourth-order valence-electron chi connectivity index (χ4n) is 2.92. The molecule has 0 spiro atoms. The molecule has 0 aliphatic carbocycles. The normalized spacial score (nSPS) is 16.6. The fraction of sp³-hybridized carbons (Fsp3) is 0.438. The molecular weight excluding hydrogens is 266 g/mol. The quantitative estimate of drug-likeness (QED) is 0.939. The lowest BCUT2D eigenvalue weighted by Gasteiger charge is -2.33. The predicted molar refractivity (Wildman–Crippen MR) is 86.3 cm³/mol. The highest BCUT2D eigenvalue weighted by atomic mass is 32.1. The number of nitrogens with zero attached hydrogens (tertiary/aromatic N) is 2. The summed E-state index contributed by atoms with van der Waals surface area (Å²) in [7, 11) is 0. The van der Waals surface area contributed by atoms with Crippen LogP contribution in [0.1, 0.15) is 24.0 Å². The third-order valence-electron chi connectivity index (χ3n) is 4.20. The molecule has 1 fully saturated rings. The van der Waals surface area contributed by atoms with Crippen LogP contribution >= 0.6 is 11.5 Å². The van der Waals surface area contributed by atoms with Gasteiger partial charge in [-0.15, -0.1) is 0 Å². The van der Waals surface area contributed by atoms with Crippen LogP contribution in [-0.4, -0.2) is 17.5 Å². The smallest absolute Gasteiger partial charge is 0.142 e. The van der Waals surface area contributed by atoms with Gasteiger partial charge in [0.15, 0.2) is 0 Å². The van der Waals surface area contributed by atoms with E-state index in [0.29, 0.717) is 5.82 Å². The Morgan fingerprint density at radius 3 is 2.55 bits per heavy atom. The van der Waals surface area contributed by atoms with Crippen molar-refractivity contribution in [3.8, 4) is 0 Å². The Bertz CT molecular complexity index is 556. The highest BCUT2D eigenvalue weighted by molar-refractivity contribution is 7.10. The summed E-state index contributed by atoms with van der Waals surface area (Å²) in [5.74, 6) is 1.50. The van der Waals surface area contributed by atoms with Gasteiger partial charge >= 0.3 is 0 Å². The molecule has 0 unspecified atom stereocenters. The second kappa shape index (κ2) is 5.83. The second-order valence-electron chi connectivity index (χ2n) is 5.62. The Hall–Kier alpha value is -1.55. The number of benzene rings is 1. The van der Waals surface area contributed by atoms with Crippen LogP contribution in [-0.2, 0) is 6.42 Å². The van der Waals surface area contributed by atoms with Crippen molar-refractivity contribution in [2.24, 2.45) is 5.92 Å². The molecule has 0 atom stereocenters. The predicted octanol–water partition coefficient (Wildman–Crippen LogP) is 3.49. The van der Waals surface area contributed by atoms with Crippen LogP contribution in [0.5, 0.6) is 0 Å². The van der Waals surface area contributed by atoms with E-state index in [0.717, 1.165) is 24.6 Å². The molecule has 1 aromatic heterocycles. The number of rotatable bonds is 3. The topological polar surface area (TPSA) is 42.1 Å². The third-order valence-corrected chi connectivity index (χ3v) is 5.23. The van der Waals surface area contributed by atoms with Crippen molar-refractivity contribution in [3.05, 3.63) is 41.5 Å². The van der Waals surface area contributed by atoms with Gasteiger partial charge in [0.2, 0.25) is 0 Å². The molecule has 1 aliphatic rings. The van der Waals surface area contributed by atoms with Gasteiger partial charge in [-0.05, 0) is 49.2 Å². The van der Waals surface area contributed by atoms with Crippen LogP contribution in [0.25, 0.3) is 0 Å². The molecule has 4 heteroatoms. The van der Waals surface area contributed by atoms with E-state index < -0.39 is 0 Å². The van der Waals surface area contributed by atoms with E-state index in [4.69, 9.17) is 5.73 Å². The van der Waals surface area contributed by atoms with Gasteiger partial charge in [-0.2, -0.15) is 4.37 Å². The first kappa shape index (κ1) is 13.4. The first-order chi connectivity index (χ1) is 9.74. The van der Waals surface area contributed by atoms with Gasteiger partial charge in [0.05, 0.1) is 0 Å². The monoisotopic (exact) mass is 287 g/mol. The number of anilines is 2. The Balaban J connectivity index is 1.58. The van der Waals surface area contributed by atoms with E-state index in [9.17, 15) is 0 Å². The first-order valence-electron chi connectivity index (χ1n) is 7.24. The van der Waals surface area contributed by atoms with Gasteiger partial charge < -0.3 is 10.6 Å². The number of nitrogens with two attached hydrogens (primary N) is 1. The van der Waals surface area contributed by atoms with Gasteiger partial charge in [0, 0.05) is 18.7 Å². The summed E-state index contributed by atoms with van der Waals surface area (Å²) in [5, 5.41) is 1.26. The lowest BCUT2D eigenvalue weighted by atomic mass is 9.90. The summed E-state index contributed by atoms with van der Waals surface area (Å²) in [6.45, 7) is 4.32. The third kappa shape index (κ3) is 2.80. The maximum Gasteiger partial charge on any atom is 0.142 e. The molecule has 1 aromatic carbocycles. The molecule has 2 N–H and O–H groups in total. The maximum atomic E-state index is 5.85. The molecule has 106 valence electrons. The van der Waals surface area contributed by atoms with Gasteiger partial charge in [-0.3, -0.25) is 0 Å². The highest BCUT2D eigenvalue weighted by Gasteiger charge is 2.22. The minimum atomic E-state index is 0.691. The van der Waals surface area contributed by atoms with E-state index in [1.807, 2.05) is 0 Å². The number of nitrogen functional groups attached to an aromatic ring is 1. The van der Waals surface area contributed by atoms with Gasteiger partial charge in [-0.25, -0.2) is 0 Å². The average Bonchev–Trinajstić information content (AvgIpc) is 2.81. The minimum Gasteiger partial charge on any atom is -0.383 e. The van der Waals surface area contributed by atoms with Crippen LogP contribution < -0.4 is 10.6 Å². The van der Waals surface area contributed by atoms with Crippen molar-refractivity contribution in [2.45, 2.75) is 26.2 Å². The molecule has 0 amide bonds. The van der Waals surface area contributed by atoms with Gasteiger partial charge in [0.25, 0.3) is 0 Å². The van der Waals surface area contributed by atoms with Gasteiger partial charge in [-0.1, -0.05) is 30.3 Å². The molecule has 0 bridgehead atoms. The molecule has 0 radical (unpaired) electrons. The number of aromatic nitrogens is 1. The van der Waals surface area contributed by atoms with Gasteiger partial charge in [0.1, 0.15) is 10.8 Å². The van der Waals surface area contributed by atoms with Crippen LogP contribution in [0.4, 0.5) is 10.8 Å². The zero-order valence-corrected chi connectivity index (χ0v) is 12.7. The summed E-state index contributed by atoms with van der Waals surface area (Å²) in [6, 6.07) is 10.8. The lowest BCUT2D eigenvalue weighted by Crippen LogP contribution is -2.34. The Kier molecular flexibility index (Phi) is 3.92. The van der Waals surface area contributed by atoms with Crippen LogP contribution in [0.15, 0.2) is 30.3 Å². The maximum absolute atomic E-state index is 5.85. The van der Waals surface area contributed by atoms with E-state index in [2.05, 4.69) is 46.5 Å². The summed E-state index contributed by atoms with van der Waals surface area (Å²) in [5.41, 5.74) is 8.46. The molecule has 1 aliphatic heterocycles. The summed E-state index contributed by atoms with van der Waals surface area (Å²) in [6.07, 6.45) is 3.72. The number of hydrogen-bond acceptors (Lipinski definition) is 4. The highest BCUT2D eigenvalue weighted by Crippen LogP contribution is 2.33. The van der Waals surface area contributed by atoms with Crippen LogP contribution in [0.2, 0.25) is 0 Å². The molecule has 2 aromatic rings. The van der Waals surface area contributed by atoms with Crippen molar-refractivity contribution in [1.82, 2.24) is 4.37 Å². The van der Waals surface area contributed by atoms with Crippen molar-refractivity contribution in [1.29, 1.82) is 0 Å². The number of hydrogen-bond donors (Lipinski definition) is 1. The molecule has 0 saturated carbocycles. The molecule has 20 heavy (non-hydrogen) atoms. The van der Waals surface area contributed by atoms with Crippen molar-refractivity contribution in [3.63, 3.8) is 0 Å². The molecule has 3 nitrogen and oxygen atoms in total. The standard InChI is InChI=1S/C16H21N3S/c1-12-15(17)18-20-16(12)19-9-7-14(8-10-19)11-13-5-3-2-4-6-13/h2-6,14H,7-11H2,1H3,(H2,17,18). The number of piperidine rings is 1.